The van der Waals surface area contributed by atoms with Crippen LogP contribution in [-0.2, 0) is 4.79 Å². The van der Waals surface area contributed by atoms with Crippen LogP contribution < -0.4 is 4.90 Å². The first kappa shape index (κ1) is 20.2. The first-order valence-electron chi connectivity index (χ1n) is 11.1. The van der Waals surface area contributed by atoms with Crippen molar-refractivity contribution in [1.82, 2.24) is 14.8 Å². The molecule has 5 rings (SSSR count). The number of benzene rings is 1. The standard InChI is InChI=1S/C25H28N4OS/c30-24(19-27-11-3-12-28(16-15-27)22-5-2-10-26-18-22)29-13-7-20(8-14-29)23-6-1-4-21-9-17-31-25(21)23/h1-2,4-7,9-10,17-18H,3,8,11-16,19H2. The molecule has 1 saturated heterocycles. The van der Waals surface area contributed by atoms with Crippen LogP contribution in [0.3, 0.4) is 0 Å². The average molecular weight is 433 g/mol. The van der Waals surface area contributed by atoms with Crippen molar-refractivity contribution in [2.75, 3.05) is 50.7 Å². The number of anilines is 1. The Morgan fingerprint density at radius 1 is 1.03 bits per heavy atom. The molecule has 3 aromatic rings. The Bertz CT molecular complexity index is 1080. The summed E-state index contributed by atoms with van der Waals surface area (Å²) >= 11 is 1.80. The van der Waals surface area contributed by atoms with Gasteiger partial charge in [0.2, 0.25) is 5.91 Å². The number of thiophene rings is 1. The molecule has 31 heavy (non-hydrogen) atoms. The zero-order valence-electron chi connectivity index (χ0n) is 17.7. The predicted octanol–water partition coefficient (Wildman–Crippen LogP) is 4.12. The third-order valence-corrected chi connectivity index (χ3v) is 7.31. The molecule has 1 amide bonds. The molecule has 0 unspecified atom stereocenters. The summed E-state index contributed by atoms with van der Waals surface area (Å²) in [5.74, 6) is 0.250. The molecular weight excluding hydrogens is 404 g/mol. The summed E-state index contributed by atoms with van der Waals surface area (Å²) in [5.41, 5.74) is 3.88. The van der Waals surface area contributed by atoms with Gasteiger partial charge < -0.3 is 9.80 Å². The number of rotatable bonds is 4. The summed E-state index contributed by atoms with van der Waals surface area (Å²) in [5, 5.41) is 3.47. The molecular formula is C25H28N4OS. The second kappa shape index (κ2) is 9.20. The van der Waals surface area contributed by atoms with Crippen LogP contribution in [0.15, 0.2) is 60.2 Å². The van der Waals surface area contributed by atoms with Gasteiger partial charge in [-0.05, 0) is 52.9 Å². The van der Waals surface area contributed by atoms with Crippen LogP contribution in [0.1, 0.15) is 18.4 Å². The van der Waals surface area contributed by atoms with Crippen LogP contribution in [0, 0.1) is 0 Å². The van der Waals surface area contributed by atoms with E-state index in [4.69, 9.17) is 0 Å². The Morgan fingerprint density at radius 2 is 2.00 bits per heavy atom. The zero-order chi connectivity index (χ0) is 21.0. The molecule has 2 aliphatic heterocycles. The molecule has 5 nitrogen and oxygen atoms in total. The number of hydrogen-bond donors (Lipinski definition) is 0. The zero-order valence-corrected chi connectivity index (χ0v) is 18.6. The fraction of sp³-hybridized carbons (Fsp3) is 0.360. The van der Waals surface area contributed by atoms with E-state index in [1.807, 2.05) is 23.4 Å². The average Bonchev–Trinajstić information content (AvgIpc) is 3.19. The lowest BCUT2D eigenvalue weighted by atomic mass is 9.98. The summed E-state index contributed by atoms with van der Waals surface area (Å²) < 4.78 is 1.36. The normalized spacial score (nSPS) is 18.1. The molecule has 1 aromatic carbocycles. The first-order chi connectivity index (χ1) is 15.3. The van der Waals surface area contributed by atoms with Crippen molar-refractivity contribution < 1.29 is 4.79 Å². The van der Waals surface area contributed by atoms with E-state index in [9.17, 15) is 4.79 Å². The fourth-order valence-corrected chi connectivity index (χ4v) is 5.55. The van der Waals surface area contributed by atoms with E-state index in [2.05, 4.69) is 56.6 Å². The maximum absolute atomic E-state index is 13.0. The molecule has 0 spiro atoms. The highest BCUT2D eigenvalue weighted by molar-refractivity contribution is 7.17. The molecule has 0 aliphatic carbocycles. The van der Waals surface area contributed by atoms with E-state index in [1.54, 1.807) is 11.3 Å². The van der Waals surface area contributed by atoms with Gasteiger partial charge in [0, 0.05) is 50.2 Å². The van der Waals surface area contributed by atoms with E-state index in [-0.39, 0.29) is 5.91 Å². The molecule has 1 fully saturated rings. The van der Waals surface area contributed by atoms with Crippen molar-refractivity contribution >= 4 is 38.6 Å². The Morgan fingerprint density at radius 3 is 2.84 bits per heavy atom. The molecule has 160 valence electrons. The van der Waals surface area contributed by atoms with Crippen LogP contribution in [0.5, 0.6) is 0 Å². The highest BCUT2D eigenvalue weighted by Crippen LogP contribution is 2.32. The minimum absolute atomic E-state index is 0.250. The largest absolute Gasteiger partial charge is 0.369 e. The highest BCUT2D eigenvalue weighted by atomic mass is 32.1. The molecule has 0 saturated carbocycles. The number of hydrogen-bond acceptors (Lipinski definition) is 5. The second-order valence-electron chi connectivity index (χ2n) is 8.29. The third kappa shape index (κ3) is 4.50. The lowest BCUT2D eigenvalue weighted by Gasteiger charge is -2.29. The number of nitrogens with zero attached hydrogens (tertiary/aromatic N) is 4. The van der Waals surface area contributed by atoms with Crippen molar-refractivity contribution in [3.05, 3.63) is 65.8 Å². The topological polar surface area (TPSA) is 39.7 Å². The monoisotopic (exact) mass is 432 g/mol. The van der Waals surface area contributed by atoms with E-state index in [1.165, 1.54) is 26.9 Å². The lowest BCUT2D eigenvalue weighted by molar-refractivity contribution is -0.131. The maximum Gasteiger partial charge on any atom is 0.237 e. The van der Waals surface area contributed by atoms with Crippen molar-refractivity contribution in [1.29, 1.82) is 0 Å². The summed E-state index contributed by atoms with van der Waals surface area (Å²) in [6.45, 7) is 5.88. The third-order valence-electron chi connectivity index (χ3n) is 6.35. The van der Waals surface area contributed by atoms with Crippen LogP contribution in [0.4, 0.5) is 5.69 Å². The van der Waals surface area contributed by atoms with Gasteiger partial charge in [-0.3, -0.25) is 14.7 Å². The van der Waals surface area contributed by atoms with Gasteiger partial charge in [0.25, 0.3) is 0 Å². The van der Waals surface area contributed by atoms with Gasteiger partial charge in [0.1, 0.15) is 0 Å². The van der Waals surface area contributed by atoms with Crippen molar-refractivity contribution in [3.8, 4) is 0 Å². The Hall–Kier alpha value is -2.70. The second-order valence-corrected chi connectivity index (χ2v) is 9.21. The molecule has 4 heterocycles. The van der Waals surface area contributed by atoms with Gasteiger partial charge in [-0.2, -0.15) is 0 Å². The van der Waals surface area contributed by atoms with Crippen molar-refractivity contribution in [2.24, 2.45) is 0 Å². The SMILES string of the molecule is O=C(CN1CCCN(c2cccnc2)CC1)N1CC=C(c2cccc3ccsc23)CC1. The van der Waals surface area contributed by atoms with Gasteiger partial charge in [0.15, 0.2) is 0 Å². The van der Waals surface area contributed by atoms with E-state index in [0.29, 0.717) is 13.1 Å². The molecule has 2 aromatic heterocycles. The molecule has 0 radical (unpaired) electrons. The summed E-state index contributed by atoms with van der Waals surface area (Å²) in [7, 11) is 0. The fourth-order valence-electron chi connectivity index (χ4n) is 4.61. The Labute approximate surface area is 187 Å². The van der Waals surface area contributed by atoms with Crippen LogP contribution in [-0.4, -0.2) is 66.5 Å². The van der Waals surface area contributed by atoms with Crippen LogP contribution in [0.25, 0.3) is 15.7 Å². The molecule has 0 atom stereocenters. The van der Waals surface area contributed by atoms with Crippen molar-refractivity contribution in [2.45, 2.75) is 12.8 Å². The van der Waals surface area contributed by atoms with Gasteiger partial charge >= 0.3 is 0 Å². The number of aromatic nitrogens is 1. The quantitative estimate of drug-likeness (QED) is 0.622. The summed E-state index contributed by atoms with van der Waals surface area (Å²) in [4.78, 5) is 23.9. The minimum Gasteiger partial charge on any atom is -0.369 e. The number of pyridine rings is 1. The number of carbonyl (C=O) groups excluding carboxylic acids is 1. The maximum atomic E-state index is 13.0. The van der Waals surface area contributed by atoms with Crippen LogP contribution >= 0.6 is 11.3 Å². The van der Waals surface area contributed by atoms with Gasteiger partial charge in [-0.25, -0.2) is 0 Å². The van der Waals surface area contributed by atoms with Crippen molar-refractivity contribution in [3.63, 3.8) is 0 Å². The Kier molecular flexibility index (Phi) is 6.00. The van der Waals surface area contributed by atoms with Gasteiger partial charge in [-0.15, -0.1) is 11.3 Å². The van der Waals surface area contributed by atoms with Gasteiger partial charge in [0.05, 0.1) is 18.4 Å². The predicted molar refractivity (Wildman–Crippen MR) is 129 cm³/mol. The highest BCUT2D eigenvalue weighted by Gasteiger charge is 2.23. The number of carbonyl (C=O) groups is 1. The van der Waals surface area contributed by atoms with Gasteiger partial charge in [-0.1, -0.05) is 24.3 Å². The first-order valence-corrected chi connectivity index (χ1v) is 12.0. The lowest BCUT2D eigenvalue weighted by Crippen LogP contribution is -2.43. The van der Waals surface area contributed by atoms with E-state index < -0.39 is 0 Å². The number of amides is 1. The van der Waals surface area contributed by atoms with Crippen LogP contribution in [0.2, 0.25) is 0 Å². The summed E-state index contributed by atoms with van der Waals surface area (Å²) in [6.07, 6.45) is 7.98. The Balaban J connectivity index is 1.18. The molecule has 6 heteroatoms. The smallest absolute Gasteiger partial charge is 0.237 e. The minimum atomic E-state index is 0.250. The van der Waals surface area contributed by atoms with E-state index >= 15 is 0 Å². The summed E-state index contributed by atoms with van der Waals surface area (Å²) in [6, 6.07) is 12.8. The number of fused-ring (bicyclic) bond motifs is 1. The molecule has 0 N–H and O–H groups in total. The molecule has 0 bridgehead atoms. The molecule has 2 aliphatic rings. The van der Waals surface area contributed by atoms with E-state index in [0.717, 1.165) is 45.6 Å².